The van der Waals surface area contributed by atoms with E-state index in [1.165, 1.54) is 60.5 Å². The molecular formula is C37H22N6O+2. The molecule has 3 aliphatic rings. The van der Waals surface area contributed by atoms with E-state index in [1.54, 1.807) is 0 Å². The minimum absolute atomic E-state index is 0.656. The fourth-order valence-electron chi connectivity index (χ4n) is 9.06. The molecule has 0 bridgehead atoms. The van der Waals surface area contributed by atoms with Gasteiger partial charge in [0.25, 0.3) is 11.3 Å². The van der Waals surface area contributed by atoms with Gasteiger partial charge < -0.3 is 4.74 Å². The number of pyridine rings is 2. The van der Waals surface area contributed by atoms with E-state index in [2.05, 4.69) is 127 Å². The lowest BCUT2D eigenvalue weighted by Gasteiger charge is -2.30. The number of fused-ring (bicyclic) bond motifs is 6. The number of aryl methyl sites for hydroxylation is 2. The minimum Gasteiger partial charge on any atom is -0.456 e. The third-order valence-corrected chi connectivity index (χ3v) is 10.6. The van der Waals surface area contributed by atoms with Gasteiger partial charge in [0.1, 0.15) is 46.7 Å². The van der Waals surface area contributed by atoms with Crippen molar-refractivity contribution in [2.24, 2.45) is 0 Å². The van der Waals surface area contributed by atoms with Crippen LogP contribution < -0.4 is 13.9 Å². The van der Waals surface area contributed by atoms with Gasteiger partial charge in [0.2, 0.25) is 0 Å². The molecule has 5 aromatic heterocycles. The Morgan fingerprint density at radius 3 is 2.23 bits per heavy atom. The topological polar surface area (TPSA) is 51.6 Å². The Morgan fingerprint density at radius 2 is 1.41 bits per heavy atom. The second-order valence-corrected chi connectivity index (χ2v) is 12.5. The molecule has 0 saturated carbocycles. The van der Waals surface area contributed by atoms with E-state index in [9.17, 15) is 0 Å². The van der Waals surface area contributed by atoms with E-state index in [4.69, 9.17) is 4.74 Å². The zero-order valence-electron chi connectivity index (χ0n) is 23.8. The summed E-state index contributed by atoms with van der Waals surface area (Å²) in [6, 6.07) is 24.0. The molecular weight excluding hydrogens is 544 g/mol. The summed E-state index contributed by atoms with van der Waals surface area (Å²) in [5.74, 6) is 1.81. The van der Waals surface area contributed by atoms with Crippen LogP contribution in [0.4, 0.5) is 0 Å². The number of aromatic nitrogens is 6. The van der Waals surface area contributed by atoms with Crippen molar-refractivity contribution in [1.82, 2.24) is 19.0 Å². The Balaban J connectivity index is 1.40. The third kappa shape index (κ3) is 2.01. The molecule has 1 spiro atoms. The molecule has 0 fully saturated rings. The number of hydrogen-bond donors (Lipinski definition) is 0. The Labute approximate surface area is 249 Å². The SMILES string of the molecule is Cc1cccc(C)c1-c1c[n+]2c3c4c5c(ccc4c4cnncc4n13)Oc1ccc3c4ccccc4n4cc[n+]6c4c3c1C562. The average Bonchev–Trinajstić information content (AvgIpc) is 3.80. The average molecular weight is 567 g/mol. The fraction of sp³-hybridized carbons (Fsp3) is 0.0811. The smallest absolute Gasteiger partial charge is 0.315 e. The molecule has 12 rings (SSSR count). The first-order chi connectivity index (χ1) is 21.7. The lowest BCUT2D eigenvalue weighted by Crippen LogP contribution is -2.71. The monoisotopic (exact) mass is 566 g/mol. The van der Waals surface area contributed by atoms with Crippen molar-refractivity contribution in [3.05, 3.63) is 120 Å². The highest BCUT2D eigenvalue weighted by atomic mass is 16.5. The van der Waals surface area contributed by atoms with Crippen LogP contribution in [0, 0.1) is 13.8 Å². The van der Waals surface area contributed by atoms with Crippen LogP contribution in [0.15, 0.2) is 97.7 Å². The normalized spacial score (nSPS) is 17.1. The van der Waals surface area contributed by atoms with Gasteiger partial charge in [-0.05, 0) is 55.3 Å². The first kappa shape index (κ1) is 21.8. The van der Waals surface area contributed by atoms with E-state index in [0.29, 0.717) is 0 Å². The van der Waals surface area contributed by atoms with Crippen molar-refractivity contribution in [2.45, 2.75) is 19.5 Å². The second-order valence-electron chi connectivity index (χ2n) is 12.5. The van der Waals surface area contributed by atoms with Crippen molar-refractivity contribution in [3.8, 4) is 22.8 Å². The maximum absolute atomic E-state index is 6.85. The van der Waals surface area contributed by atoms with Crippen LogP contribution in [0.5, 0.6) is 11.5 Å². The highest BCUT2D eigenvalue weighted by molar-refractivity contribution is 6.17. The largest absolute Gasteiger partial charge is 0.456 e. The van der Waals surface area contributed by atoms with Crippen molar-refractivity contribution >= 4 is 54.6 Å². The Hall–Kier alpha value is -5.82. The van der Waals surface area contributed by atoms with E-state index in [0.717, 1.165) is 39.1 Å². The first-order valence-corrected chi connectivity index (χ1v) is 15.0. The van der Waals surface area contributed by atoms with Gasteiger partial charge >= 0.3 is 5.66 Å². The maximum Gasteiger partial charge on any atom is 0.315 e. The number of benzene rings is 4. The van der Waals surface area contributed by atoms with Gasteiger partial charge in [-0.25, -0.2) is 0 Å². The van der Waals surface area contributed by atoms with E-state index in [1.807, 2.05) is 12.4 Å². The first-order valence-electron chi connectivity index (χ1n) is 15.0. The Kier molecular flexibility index (Phi) is 3.33. The summed E-state index contributed by atoms with van der Waals surface area (Å²) in [6.45, 7) is 4.41. The summed E-state index contributed by atoms with van der Waals surface area (Å²) in [4.78, 5) is 0. The quantitative estimate of drug-likeness (QED) is 0.169. The van der Waals surface area contributed by atoms with E-state index in [-0.39, 0.29) is 0 Å². The number of imidazole rings is 2. The number of hydrogen-bond acceptors (Lipinski definition) is 3. The summed E-state index contributed by atoms with van der Waals surface area (Å²) in [6.07, 6.45) is 10.7. The molecule has 0 saturated heterocycles. The van der Waals surface area contributed by atoms with Crippen LogP contribution in [-0.4, -0.2) is 19.0 Å². The van der Waals surface area contributed by atoms with Crippen LogP contribution in [-0.2, 0) is 5.66 Å². The third-order valence-electron chi connectivity index (χ3n) is 10.6. The second kappa shape index (κ2) is 6.71. The molecule has 7 heteroatoms. The van der Waals surface area contributed by atoms with Crippen LogP contribution in [0.2, 0.25) is 0 Å². The molecule has 8 heterocycles. The standard InChI is InChI=1S/C37H22N6O/c1-19-6-5-7-20(2)30(19)27-18-42-36-32-23(24-16-38-39-17-26(24)43(27)36)11-13-29-34(32)37(42)33-28(44-29)12-10-22-21-8-3-4-9-25(21)40-14-15-41(37)35(40)31(22)33/h3-18H,1-2H3/q+2. The number of rotatable bonds is 1. The van der Waals surface area contributed by atoms with Crippen LogP contribution in [0.25, 0.3) is 65.9 Å². The summed E-state index contributed by atoms with van der Waals surface area (Å²) < 4.78 is 16.7. The van der Waals surface area contributed by atoms with Gasteiger partial charge in [-0.1, -0.05) is 36.4 Å². The van der Waals surface area contributed by atoms with Gasteiger partial charge in [0.05, 0.1) is 28.6 Å². The zero-order chi connectivity index (χ0) is 28.6. The van der Waals surface area contributed by atoms with E-state index < -0.39 is 5.66 Å². The molecule has 44 heavy (non-hydrogen) atoms. The highest BCUT2D eigenvalue weighted by Crippen LogP contribution is 2.58. The summed E-state index contributed by atoms with van der Waals surface area (Å²) in [5.41, 5.74) is 11.2. The molecule has 4 aromatic carbocycles. The lowest BCUT2D eigenvalue weighted by molar-refractivity contribution is -0.944. The predicted molar refractivity (Wildman–Crippen MR) is 167 cm³/mol. The molecule has 0 amide bonds. The fourth-order valence-corrected chi connectivity index (χ4v) is 9.06. The highest BCUT2D eigenvalue weighted by Gasteiger charge is 2.65. The van der Waals surface area contributed by atoms with Crippen LogP contribution in [0.3, 0.4) is 0 Å². The maximum atomic E-state index is 6.85. The van der Waals surface area contributed by atoms with Gasteiger partial charge in [-0.15, -0.1) is 0 Å². The molecule has 9 aromatic rings. The molecule has 1 unspecified atom stereocenters. The van der Waals surface area contributed by atoms with E-state index >= 15 is 0 Å². The molecule has 0 aliphatic carbocycles. The molecule has 1 atom stereocenters. The summed E-state index contributed by atoms with van der Waals surface area (Å²) >= 11 is 0. The molecule has 0 N–H and O–H groups in total. The minimum atomic E-state index is -0.656. The lowest BCUT2D eigenvalue weighted by atomic mass is 9.85. The number of para-hydroxylation sites is 1. The molecule has 204 valence electrons. The van der Waals surface area contributed by atoms with Gasteiger partial charge in [-0.2, -0.15) is 28.1 Å². The van der Waals surface area contributed by atoms with Crippen molar-refractivity contribution in [3.63, 3.8) is 0 Å². The Morgan fingerprint density at radius 1 is 0.682 bits per heavy atom. The van der Waals surface area contributed by atoms with Gasteiger partial charge in [0.15, 0.2) is 11.2 Å². The van der Waals surface area contributed by atoms with Crippen molar-refractivity contribution in [1.29, 1.82) is 0 Å². The zero-order valence-corrected chi connectivity index (χ0v) is 23.8. The van der Waals surface area contributed by atoms with Gasteiger partial charge in [-0.3, -0.25) is 0 Å². The van der Waals surface area contributed by atoms with Crippen LogP contribution >= 0.6 is 0 Å². The van der Waals surface area contributed by atoms with Crippen LogP contribution in [0.1, 0.15) is 22.3 Å². The number of nitrogens with zero attached hydrogens (tertiary/aromatic N) is 6. The molecule has 7 nitrogen and oxygen atoms in total. The molecule has 0 radical (unpaired) electrons. The summed E-state index contributed by atoms with van der Waals surface area (Å²) in [5, 5.41) is 15.9. The van der Waals surface area contributed by atoms with Crippen molar-refractivity contribution < 1.29 is 13.9 Å². The van der Waals surface area contributed by atoms with Gasteiger partial charge in [0, 0.05) is 21.7 Å². The summed E-state index contributed by atoms with van der Waals surface area (Å²) in [7, 11) is 0. The Bertz CT molecular complexity index is 2880. The molecule has 3 aliphatic heterocycles. The number of ether oxygens (including phenoxy) is 1. The van der Waals surface area contributed by atoms with Crippen molar-refractivity contribution in [2.75, 3.05) is 0 Å². The predicted octanol–water partition coefficient (Wildman–Crippen LogP) is 6.48.